The molecule has 2 heterocycles. The second kappa shape index (κ2) is 11.8. The highest BCUT2D eigenvalue weighted by atomic mass is 16.5. The minimum Gasteiger partial charge on any atom is -0.491 e. The van der Waals surface area contributed by atoms with Crippen molar-refractivity contribution in [1.29, 1.82) is 0 Å². The van der Waals surface area contributed by atoms with Crippen LogP contribution in [0.5, 0.6) is 5.75 Å². The molecule has 0 saturated carbocycles. The van der Waals surface area contributed by atoms with Gasteiger partial charge in [0.15, 0.2) is 0 Å². The summed E-state index contributed by atoms with van der Waals surface area (Å²) in [6, 6.07) is 14.4. The second-order valence-electron chi connectivity index (χ2n) is 9.82. The number of carbonyl (C=O) groups excluding carboxylic acids is 1. The average molecular weight is 466 g/mol. The first-order valence-corrected chi connectivity index (χ1v) is 12.8. The van der Waals surface area contributed by atoms with E-state index < -0.39 is 6.10 Å². The van der Waals surface area contributed by atoms with Crippen LogP contribution >= 0.6 is 0 Å². The third kappa shape index (κ3) is 6.38. The molecule has 0 fully saturated rings. The molecule has 6 heteroatoms. The van der Waals surface area contributed by atoms with Crippen molar-refractivity contribution in [1.82, 2.24) is 15.1 Å². The molecule has 0 aliphatic carbocycles. The summed E-state index contributed by atoms with van der Waals surface area (Å²) < 4.78 is 5.94. The quantitative estimate of drug-likeness (QED) is 0.526. The van der Waals surface area contributed by atoms with Crippen molar-refractivity contribution in [2.24, 2.45) is 5.92 Å². The normalized spacial score (nSPS) is 18.0. The highest BCUT2D eigenvalue weighted by molar-refractivity contribution is 5.97. The first-order chi connectivity index (χ1) is 16.5. The number of hydrogen-bond donors (Lipinski definition) is 2. The van der Waals surface area contributed by atoms with Gasteiger partial charge in [-0.15, -0.1) is 0 Å². The fourth-order valence-electron chi connectivity index (χ4n) is 4.79. The molecule has 0 saturated heterocycles. The predicted octanol–water partition coefficient (Wildman–Crippen LogP) is 3.47. The van der Waals surface area contributed by atoms with E-state index >= 15 is 0 Å². The molecular weight excluding hydrogens is 426 g/mol. The zero-order valence-corrected chi connectivity index (χ0v) is 20.6. The zero-order valence-electron chi connectivity index (χ0n) is 20.6. The summed E-state index contributed by atoms with van der Waals surface area (Å²) in [6.45, 7) is 9.83. The molecule has 2 N–H and O–H groups in total. The Morgan fingerprint density at radius 2 is 1.94 bits per heavy atom. The van der Waals surface area contributed by atoms with Crippen molar-refractivity contribution in [3.8, 4) is 5.75 Å². The van der Waals surface area contributed by atoms with Gasteiger partial charge in [0.05, 0.1) is 18.2 Å². The Labute approximate surface area is 203 Å². The number of carbonyl (C=O) groups is 1. The lowest BCUT2D eigenvalue weighted by Gasteiger charge is -2.32. The van der Waals surface area contributed by atoms with Crippen LogP contribution in [0.25, 0.3) is 0 Å². The molecule has 4 rings (SSSR count). The largest absolute Gasteiger partial charge is 0.491 e. The molecule has 2 atom stereocenters. The van der Waals surface area contributed by atoms with Crippen LogP contribution in [0.3, 0.4) is 0 Å². The molecule has 184 valence electrons. The van der Waals surface area contributed by atoms with Gasteiger partial charge < -0.3 is 20.1 Å². The van der Waals surface area contributed by atoms with Gasteiger partial charge >= 0.3 is 0 Å². The van der Waals surface area contributed by atoms with Gasteiger partial charge in [0.2, 0.25) is 0 Å². The van der Waals surface area contributed by atoms with Crippen LogP contribution in [0.15, 0.2) is 42.5 Å². The minimum absolute atomic E-state index is 0.0631. The number of rotatable bonds is 10. The smallest absolute Gasteiger partial charge is 0.257 e. The Bertz CT molecular complexity index is 964. The van der Waals surface area contributed by atoms with Gasteiger partial charge in [0, 0.05) is 32.7 Å². The molecule has 34 heavy (non-hydrogen) atoms. The standard InChI is InChI=1S/C28H39N3O3/c1-3-21(2)10-12-29-17-22-8-9-26-27(16-22)34-15-14-31(28(26)33)20-25(32)19-30-13-11-23-6-4-5-7-24(23)18-30/h4-9,16,21,25,29,32H,3,10-15,17-20H2,1-2H3. The van der Waals surface area contributed by atoms with E-state index in [1.165, 1.54) is 17.5 Å². The summed E-state index contributed by atoms with van der Waals surface area (Å²) in [6.07, 6.45) is 2.78. The van der Waals surface area contributed by atoms with Crippen molar-refractivity contribution in [3.05, 3.63) is 64.7 Å². The van der Waals surface area contributed by atoms with Crippen molar-refractivity contribution in [3.63, 3.8) is 0 Å². The molecule has 2 aliphatic heterocycles. The summed E-state index contributed by atoms with van der Waals surface area (Å²) in [5.74, 6) is 1.32. The van der Waals surface area contributed by atoms with Crippen molar-refractivity contribution in [2.45, 2.75) is 52.3 Å². The van der Waals surface area contributed by atoms with Gasteiger partial charge in [-0.25, -0.2) is 0 Å². The highest BCUT2D eigenvalue weighted by Gasteiger charge is 2.27. The van der Waals surface area contributed by atoms with E-state index in [0.29, 0.717) is 37.6 Å². The second-order valence-corrected chi connectivity index (χ2v) is 9.82. The number of fused-ring (bicyclic) bond motifs is 2. The number of β-amino-alcohol motifs (C(OH)–C–C–N with tert-alkyl or cyclic N) is 1. The van der Waals surface area contributed by atoms with E-state index in [0.717, 1.165) is 50.5 Å². The maximum Gasteiger partial charge on any atom is 0.257 e. The summed E-state index contributed by atoms with van der Waals surface area (Å²) in [7, 11) is 0. The number of aliphatic hydroxyl groups excluding tert-OH is 1. The van der Waals surface area contributed by atoms with E-state index in [1.54, 1.807) is 4.90 Å². The molecule has 0 aromatic heterocycles. The van der Waals surface area contributed by atoms with Crippen molar-refractivity contribution >= 4 is 5.91 Å². The molecular formula is C28H39N3O3. The summed E-state index contributed by atoms with van der Waals surface area (Å²) in [4.78, 5) is 17.2. The summed E-state index contributed by atoms with van der Waals surface area (Å²) in [5.41, 5.74) is 4.43. The molecule has 0 spiro atoms. The topological polar surface area (TPSA) is 65.0 Å². The van der Waals surface area contributed by atoms with Gasteiger partial charge in [-0.2, -0.15) is 0 Å². The zero-order chi connectivity index (χ0) is 23.9. The number of nitrogens with zero attached hydrogens (tertiary/aromatic N) is 2. The van der Waals surface area contributed by atoms with E-state index in [1.807, 2.05) is 18.2 Å². The maximum atomic E-state index is 13.2. The van der Waals surface area contributed by atoms with Gasteiger partial charge in [-0.05, 0) is 54.1 Å². The van der Waals surface area contributed by atoms with E-state index in [9.17, 15) is 9.90 Å². The van der Waals surface area contributed by atoms with E-state index in [4.69, 9.17) is 4.74 Å². The molecule has 1 amide bonds. The number of benzene rings is 2. The molecule has 0 radical (unpaired) electrons. The maximum absolute atomic E-state index is 13.2. The molecule has 2 aromatic carbocycles. The SMILES string of the molecule is CCC(C)CCNCc1ccc2c(c1)OCCN(CC(O)CN1CCc3ccccc3C1)C2=O. The first-order valence-electron chi connectivity index (χ1n) is 12.8. The van der Waals surface area contributed by atoms with Crippen molar-refractivity contribution in [2.75, 3.05) is 39.3 Å². The molecule has 2 unspecified atom stereocenters. The van der Waals surface area contributed by atoms with Crippen LogP contribution in [0.1, 0.15) is 53.7 Å². The van der Waals surface area contributed by atoms with Crippen LogP contribution in [-0.4, -0.2) is 66.2 Å². The van der Waals surface area contributed by atoms with E-state index in [2.05, 4.69) is 48.3 Å². The summed E-state index contributed by atoms with van der Waals surface area (Å²) >= 11 is 0. The number of ether oxygens (including phenoxy) is 1. The van der Waals surface area contributed by atoms with Gasteiger partial charge in [-0.1, -0.05) is 50.6 Å². The third-order valence-corrected chi connectivity index (χ3v) is 7.13. The number of aliphatic hydroxyl groups is 1. The minimum atomic E-state index is -0.593. The van der Waals surface area contributed by atoms with Gasteiger partial charge in [0.1, 0.15) is 12.4 Å². The molecule has 0 bridgehead atoms. The average Bonchev–Trinajstić information content (AvgIpc) is 2.99. The lowest BCUT2D eigenvalue weighted by molar-refractivity contribution is 0.0501. The Kier molecular flexibility index (Phi) is 8.59. The Morgan fingerprint density at radius 3 is 2.76 bits per heavy atom. The van der Waals surface area contributed by atoms with Crippen molar-refractivity contribution < 1.29 is 14.6 Å². The number of nitrogens with one attached hydrogen (secondary N) is 1. The lowest BCUT2D eigenvalue weighted by atomic mass is 10.00. The van der Waals surface area contributed by atoms with Crippen LogP contribution in [0.4, 0.5) is 0 Å². The molecule has 2 aromatic rings. The van der Waals surface area contributed by atoms with Crippen LogP contribution in [0, 0.1) is 5.92 Å². The molecule has 6 nitrogen and oxygen atoms in total. The lowest BCUT2D eigenvalue weighted by Crippen LogP contribution is -2.44. The Balaban J connectivity index is 1.30. The monoisotopic (exact) mass is 465 g/mol. The van der Waals surface area contributed by atoms with Crippen LogP contribution in [-0.2, 0) is 19.5 Å². The molecule has 2 aliphatic rings. The van der Waals surface area contributed by atoms with Crippen LogP contribution in [0.2, 0.25) is 0 Å². The van der Waals surface area contributed by atoms with E-state index in [-0.39, 0.29) is 5.91 Å². The highest BCUT2D eigenvalue weighted by Crippen LogP contribution is 2.25. The first kappa shape index (κ1) is 24.7. The predicted molar refractivity (Wildman–Crippen MR) is 135 cm³/mol. The number of hydrogen-bond acceptors (Lipinski definition) is 5. The number of amides is 1. The Morgan fingerprint density at radius 1 is 1.12 bits per heavy atom. The summed E-state index contributed by atoms with van der Waals surface area (Å²) in [5, 5.41) is 14.3. The fraction of sp³-hybridized carbons (Fsp3) is 0.536. The fourth-order valence-corrected chi connectivity index (χ4v) is 4.79. The third-order valence-electron chi connectivity index (χ3n) is 7.13. The Hall–Kier alpha value is -2.41. The van der Waals surface area contributed by atoms with Gasteiger partial charge in [0.25, 0.3) is 5.91 Å². The van der Waals surface area contributed by atoms with Gasteiger partial charge in [-0.3, -0.25) is 9.69 Å². The van der Waals surface area contributed by atoms with Crippen LogP contribution < -0.4 is 10.1 Å².